The average molecular weight is 539 g/mol. The fraction of sp³-hybridized carbons (Fsp3) is 0.222. The highest BCUT2D eigenvalue weighted by atomic mass is 79.9. The number of halogens is 1. The molecule has 0 saturated heterocycles. The summed E-state index contributed by atoms with van der Waals surface area (Å²) in [5.41, 5.74) is 2.50. The predicted molar refractivity (Wildman–Crippen MR) is 135 cm³/mol. The molecule has 0 bridgehead atoms. The lowest BCUT2D eigenvalue weighted by Crippen LogP contribution is -2.53. The molecule has 2 amide bonds. The molecule has 0 heterocycles. The molecule has 0 aliphatic heterocycles. The Morgan fingerprint density at radius 2 is 1.37 bits per heavy atom. The van der Waals surface area contributed by atoms with Gasteiger partial charge in [-0.1, -0.05) is 94.8 Å². The normalized spacial score (nSPS) is 12.2. The number of hydrogen-bond acceptors (Lipinski definition) is 5. The Morgan fingerprint density at radius 1 is 0.771 bits per heavy atom. The first-order chi connectivity index (χ1) is 17.0. The summed E-state index contributed by atoms with van der Waals surface area (Å²) in [6.45, 7) is 0.0686. The van der Waals surface area contributed by atoms with Crippen LogP contribution in [-0.4, -0.2) is 37.2 Å². The minimum Gasteiger partial charge on any atom is -0.467 e. The van der Waals surface area contributed by atoms with Gasteiger partial charge >= 0.3 is 12.1 Å². The summed E-state index contributed by atoms with van der Waals surface area (Å²) in [4.78, 5) is 38.2. The molecule has 7 nitrogen and oxygen atoms in total. The third-order valence-corrected chi connectivity index (χ3v) is 6.06. The summed E-state index contributed by atoms with van der Waals surface area (Å²) in [7, 11) is 1.27. The highest BCUT2D eigenvalue weighted by Gasteiger charge is 2.28. The second-order valence-electron chi connectivity index (χ2n) is 7.83. The van der Waals surface area contributed by atoms with E-state index in [1.165, 1.54) is 7.11 Å². The van der Waals surface area contributed by atoms with Crippen LogP contribution in [-0.2, 0) is 38.5 Å². The number of carbonyl (C=O) groups is 3. The largest absolute Gasteiger partial charge is 0.467 e. The Kier molecular flexibility index (Phi) is 9.86. The van der Waals surface area contributed by atoms with Crippen molar-refractivity contribution in [1.82, 2.24) is 10.6 Å². The highest BCUT2D eigenvalue weighted by Crippen LogP contribution is 2.18. The minimum absolute atomic E-state index is 0.0686. The molecule has 0 aliphatic rings. The number of alkyl carbamates (subject to hydrolysis) is 1. The second kappa shape index (κ2) is 13.3. The quantitative estimate of drug-likeness (QED) is 0.377. The maximum atomic E-state index is 13.3. The fourth-order valence-electron chi connectivity index (χ4n) is 3.46. The Hall–Kier alpha value is -3.65. The molecule has 0 saturated carbocycles. The summed E-state index contributed by atoms with van der Waals surface area (Å²) in [6, 6.07) is 24.0. The van der Waals surface area contributed by atoms with Crippen LogP contribution in [0.1, 0.15) is 16.7 Å². The van der Waals surface area contributed by atoms with E-state index in [2.05, 4.69) is 26.6 Å². The minimum atomic E-state index is -0.966. The number of methoxy groups -OCH3 is 1. The summed E-state index contributed by atoms with van der Waals surface area (Å²) in [5.74, 6) is -1.10. The molecular formula is C27H27BrN2O5. The SMILES string of the molecule is COC(=O)[C@H](Cc1ccccc1Br)NC(=O)[C@H](Cc1ccccc1)NC(=O)OCc1ccccc1. The number of hydrogen-bond donors (Lipinski definition) is 2. The summed E-state index contributed by atoms with van der Waals surface area (Å²) < 4.78 is 11.0. The van der Waals surface area contributed by atoms with E-state index >= 15 is 0 Å². The maximum absolute atomic E-state index is 13.3. The predicted octanol–water partition coefficient (Wildman–Crippen LogP) is 4.19. The van der Waals surface area contributed by atoms with Crippen LogP contribution < -0.4 is 10.6 Å². The number of esters is 1. The molecule has 3 aromatic rings. The molecule has 3 aromatic carbocycles. The molecule has 8 heteroatoms. The van der Waals surface area contributed by atoms with Crippen LogP contribution >= 0.6 is 15.9 Å². The number of ether oxygens (including phenoxy) is 2. The fourth-order valence-corrected chi connectivity index (χ4v) is 3.90. The van der Waals surface area contributed by atoms with Crippen molar-refractivity contribution < 1.29 is 23.9 Å². The lowest BCUT2D eigenvalue weighted by atomic mass is 10.0. The van der Waals surface area contributed by atoms with Gasteiger partial charge in [0.15, 0.2) is 0 Å². The molecule has 0 fully saturated rings. The Balaban J connectivity index is 1.72. The highest BCUT2D eigenvalue weighted by molar-refractivity contribution is 9.10. The molecule has 182 valence electrons. The lowest BCUT2D eigenvalue weighted by Gasteiger charge is -2.22. The molecule has 0 aliphatic carbocycles. The van der Waals surface area contributed by atoms with Crippen LogP contribution in [0.5, 0.6) is 0 Å². The summed E-state index contributed by atoms with van der Waals surface area (Å²) in [5, 5.41) is 5.38. The zero-order valence-electron chi connectivity index (χ0n) is 19.3. The van der Waals surface area contributed by atoms with Gasteiger partial charge in [0.2, 0.25) is 5.91 Å². The molecule has 0 spiro atoms. The van der Waals surface area contributed by atoms with Crippen molar-refractivity contribution in [2.75, 3.05) is 7.11 Å². The van der Waals surface area contributed by atoms with E-state index in [4.69, 9.17) is 9.47 Å². The third-order valence-electron chi connectivity index (χ3n) is 5.29. The van der Waals surface area contributed by atoms with Gasteiger partial charge in [-0.15, -0.1) is 0 Å². The third kappa shape index (κ3) is 8.26. The van der Waals surface area contributed by atoms with Crippen LogP contribution in [0.2, 0.25) is 0 Å². The van der Waals surface area contributed by atoms with Crippen LogP contribution in [0.3, 0.4) is 0 Å². The molecule has 35 heavy (non-hydrogen) atoms. The van der Waals surface area contributed by atoms with E-state index in [1.807, 2.05) is 84.9 Å². The van der Waals surface area contributed by atoms with Crippen molar-refractivity contribution >= 4 is 33.9 Å². The monoisotopic (exact) mass is 538 g/mol. The Morgan fingerprint density at radius 3 is 2.00 bits per heavy atom. The number of rotatable bonds is 10. The summed E-state index contributed by atoms with van der Waals surface area (Å²) in [6.07, 6.45) is -0.294. The van der Waals surface area contributed by atoms with Crippen molar-refractivity contribution in [3.05, 3.63) is 106 Å². The molecule has 0 unspecified atom stereocenters. The first-order valence-corrected chi connectivity index (χ1v) is 11.9. The van der Waals surface area contributed by atoms with Crippen molar-refractivity contribution in [2.45, 2.75) is 31.5 Å². The van der Waals surface area contributed by atoms with Gasteiger partial charge in [-0.05, 0) is 22.8 Å². The Labute approximate surface area is 213 Å². The molecule has 2 atom stereocenters. The molecule has 0 radical (unpaired) electrons. The van der Waals surface area contributed by atoms with Gasteiger partial charge in [0.1, 0.15) is 18.7 Å². The van der Waals surface area contributed by atoms with Gasteiger partial charge in [-0.3, -0.25) is 4.79 Å². The van der Waals surface area contributed by atoms with Gasteiger partial charge in [0.05, 0.1) is 7.11 Å². The lowest BCUT2D eigenvalue weighted by molar-refractivity contribution is -0.145. The van der Waals surface area contributed by atoms with E-state index in [9.17, 15) is 14.4 Å². The van der Waals surface area contributed by atoms with Gasteiger partial charge < -0.3 is 20.1 Å². The zero-order chi connectivity index (χ0) is 25.0. The van der Waals surface area contributed by atoms with Crippen LogP contribution in [0.15, 0.2) is 89.4 Å². The maximum Gasteiger partial charge on any atom is 0.408 e. The van der Waals surface area contributed by atoms with Crippen molar-refractivity contribution in [1.29, 1.82) is 0 Å². The standard InChI is InChI=1S/C27H27BrN2O5/c1-34-26(32)24(17-21-14-8-9-15-22(21)28)29-25(31)23(16-19-10-4-2-5-11-19)30-27(33)35-18-20-12-6-3-7-13-20/h2-15,23-24H,16-18H2,1H3,(H,29,31)(H,30,33)/t23-,24-/m0/s1. The summed E-state index contributed by atoms with van der Waals surface area (Å²) >= 11 is 3.47. The van der Waals surface area contributed by atoms with E-state index in [0.717, 1.165) is 21.2 Å². The molecule has 2 N–H and O–H groups in total. The van der Waals surface area contributed by atoms with Crippen molar-refractivity contribution in [2.24, 2.45) is 0 Å². The smallest absolute Gasteiger partial charge is 0.408 e. The van der Waals surface area contributed by atoms with Gasteiger partial charge in [-0.25, -0.2) is 9.59 Å². The molecule has 3 rings (SSSR count). The van der Waals surface area contributed by atoms with Crippen molar-refractivity contribution in [3.63, 3.8) is 0 Å². The van der Waals surface area contributed by atoms with Gasteiger partial charge in [-0.2, -0.15) is 0 Å². The van der Waals surface area contributed by atoms with Crippen LogP contribution in [0, 0.1) is 0 Å². The van der Waals surface area contributed by atoms with E-state index < -0.39 is 30.1 Å². The first-order valence-electron chi connectivity index (χ1n) is 11.1. The number of nitrogens with one attached hydrogen (secondary N) is 2. The number of carbonyl (C=O) groups excluding carboxylic acids is 3. The zero-order valence-corrected chi connectivity index (χ0v) is 20.9. The first kappa shape index (κ1) is 26.0. The second-order valence-corrected chi connectivity index (χ2v) is 8.68. The topological polar surface area (TPSA) is 93.7 Å². The van der Waals surface area contributed by atoms with Gasteiger partial charge in [0.25, 0.3) is 0 Å². The van der Waals surface area contributed by atoms with Crippen molar-refractivity contribution in [3.8, 4) is 0 Å². The van der Waals surface area contributed by atoms with Crippen LogP contribution in [0.4, 0.5) is 4.79 Å². The van der Waals surface area contributed by atoms with E-state index in [1.54, 1.807) is 0 Å². The molecular weight excluding hydrogens is 512 g/mol. The van der Waals surface area contributed by atoms with E-state index in [-0.39, 0.29) is 19.4 Å². The number of amides is 2. The van der Waals surface area contributed by atoms with Crippen LogP contribution in [0.25, 0.3) is 0 Å². The van der Waals surface area contributed by atoms with Gasteiger partial charge in [0, 0.05) is 17.3 Å². The molecule has 0 aromatic heterocycles. The number of benzene rings is 3. The average Bonchev–Trinajstić information content (AvgIpc) is 2.88. The van der Waals surface area contributed by atoms with E-state index in [0.29, 0.717) is 0 Å². The Bertz CT molecular complexity index is 1120.